The van der Waals surface area contributed by atoms with Crippen LogP contribution in [-0.4, -0.2) is 36.0 Å². The average molecular weight is 288 g/mol. The summed E-state index contributed by atoms with van der Waals surface area (Å²) in [5, 5.41) is 17.1. The summed E-state index contributed by atoms with van der Waals surface area (Å²) in [6.45, 7) is 1.67. The maximum absolute atomic E-state index is 10.3. The Balaban J connectivity index is 2.94. The fourth-order valence-corrected chi connectivity index (χ4v) is 2.16. The summed E-state index contributed by atoms with van der Waals surface area (Å²) in [4.78, 5) is 10.3. The molecule has 20 heavy (non-hydrogen) atoms. The van der Waals surface area contributed by atoms with Crippen molar-refractivity contribution >= 4 is 5.97 Å². The number of unbranched alkanes of at least 4 members (excludes halogenated alkanes) is 9. The van der Waals surface area contributed by atoms with Gasteiger partial charge in [0.25, 0.3) is 0 Å². The first-order chi connectivity index (χ1) is 9.77. The fourth-order valence-electron chi connectivity index (χ4n) is 2.16. The molecule has 0 heterocycles. The van der Waals surface area contributed by atoms with Gasteiger partial charge in [-0.3, -0.25) is 4.79 Å². The van der Waals surface area contributed by atoms with Crippen LogP contribution in [0.2, 0.25) is 0 Å². The number of carboxylic acids is 1. The van der Waals surface area contributed by atoms with E-state index in [1.807, 2.05) is 0 Å². The lowest BCUT2D eigenvalue weighted by molar-refractivity contribution is -0.137. The molecule has 0 saturated heterocycles. The van der Waals surface area contributed by atoms with E-state index in [9.17, 15) is 4.79 Å². The lowest BCUT2D eigenvalue weighted by Gasteiger charge is -2.04. The number of ether oxygens (including phenoxy) is 1. The van der Waals surface area contributed by atoms with Crippen LogP contribution in [0.25, 0.3) is 0 Å². The van der Waals surface area contributed by atoms with Crippen molar-refractivity contribution < 1.29 is 19.7 Å². The number of hydrogen-bond donors (Lipinski definition) is 2. The Labute approximate surface area is 123 Å². The van der Waals surface area contributed by atoms with Crippen LogP contribution in [0.1, 0.15) is 77.0 Å². The first-order valence-electron chi connectivity index (χ1n) is 8.17. The van der Waals surface area contributed by atoms with E-state index in [1.165, 1.54) is 44.9 Å². The molecule has 0 atom stereocenters. The van der Waals surface area contributed by atoms with E-state index in [-0.39, 0.29) is 6.42 Å². The molecule has 0 unspecified atom stereocenters. The first-order valence-corrected chi connectivity index (χ1v) is 8.17. The third kappa shape index (κ3) is 17.4. The van der Waals surface area contributed by atoms with E-state index < -0.39 is 5.97 Å². The van der Waals surface area contributed by atoms with E-state index >= 15 is 0 Å². The van der Waals surface area contributed by atoms with Crippen LogP contribution in [0.3, 0.4) is 0 Å². The Morgan fingerprint density at radius 1 is 0.700 bits per heavy atom. The van der Waals surface area contributed by atoms with Crippen molar-refractivity contribution in [3.8, 4) is 0 Å². The van der Waals surface area contributed by atoms with Gasteiger partial charge in [0.15, 0.2) is 0 Å². The summed E-state index contributed by atoms with van der Waals surface area (Å²) in [6, 6.07) is 0. The van der Waals surface area contributed by atoms with Gasteiger partial charge in [0.05, 0.1) is 0 Å². The molecule has 0 aliphatic carbocycles. The third-order valence-corrected chi connectivity index (χ3v) is 3.38. The number of rotatable bonds is 16. The van der Waals surface area contributed by atoms with Gasteiger partial charge in [-0.05, 0) is 19.3 Å². The van der Waals surface area contributed by atoms with Crippen LogP contribution in [0.5, 0.6) is 0 Å². The molecule has 0 aromatic carbocycles. The van der Waals surface area contributed by atoms with Gasteiger partial charge in [-0.15, -0.1) is 0 Å². The molecule has 0 aromatic heterocycles. The van der Waals surface area contributed by atoms with Crippen molar-refractivity contribution in [3.63, 3.8) is 0 Å². The number of aliphatic hydroxyl groups is 1. The Morgan fingerprint density at radius 2 is 1.15 bits per heavy atom. The van der Waals surface area contributed by atoms with Crippen LogP contribution in [0.4, 0.5) is 0 Å². The SMILES string of the molecule is O=C(O)CCCOCCCCCCCCCCCCO. The number of aliphatic carboxylic acids is 1. The van der Waals surface area contributed by atoms with E-state index in [0.29, 0.717) is 19.6 Å². The monoisotopic (exact) mass is 288 g/mol. The number of carboxylic acid groups (broad SMARTS) is 1. The Hall–Kier alpha value is -0.610. The second kappa shape index (κ2) is 16.4. The molecule has 0 amide bonds. The predicted molar refractivity (Wildman–Crippen MR) is 80.9 cm³/mol. The van der Waals surface area contributed by atoms with Crippen LogP contribution in [-0.2, 0) is 9.53 Å². The predicted octanol–water partition coefficient (Wildman–Crippen LogP) is 3.76. The van der Waals surface area contributed by atoms with Gasteiger partial charge in [0.2, 0.25) is 0 Å². The number of hydrogen-bond acceptors (Lipinski definition) is 3. The standard InChI is InChI=1S/C16H32O4/c17-13-9-7-5-3-1-2-4-6-8-10-14-20-15-11-12-16(18)19/h17H,1-15H2,(H,18,19). The smallest absolute Gasteiger partial charge is 0.303 e. The van der Waals surface area contributed by atoms with Crippen LogP contribution >= 0.6 is 0 Å². The van der Waals surface area contributed by atoms with E-state index in [1.54, 1.807) is 0 Å². The molecule has 0 aliphatic rings. The second-order valence-corrected chi connectivity index (χ2v) is 5.37. The van der Waals surface area contributed by atoms with Crippen LogP contribution < -0.4 is 0 Å². The summed E-state index contributed by atoms with van der Waals surface area (Å²) >= 11 is 0. The highest BCUT2D eigenvalue weighted by Crippen LogP contribution is 2.10. The zero-order valence-corrected chi connectivity index (χ0v) is 12.8. The zero-order valence-electron chi connectivity index (χ0n) is 12.8. The van der Waals surface area contributed by atoms with Gasteiger partial charge in [-0.1, -0.05) is 51.4 Å². The van der Waals surface area contributed by atoms with Gasteiger partial charge in [-0.2, -0.15) is 0 Å². The second-order valence-electron chi connectivity index (χ2n) is 5.37. The zero-order chi connectivity index (χ0) is 14.9. The van der Waals surface area contributed by atoms with Crippen molar-refractivity contribution in [2.45, 2.75) is 77.0 Å². The maximum Gasteiger partial charge on any atom is 0.303 e. The van der Waals surface area contributed by atoms with E-state index in [4.69, 9.17) is 14.9 Å². The highest BCUT2D eigenvalue weighted by Gasteiger charge is 1.96. The molecule has 0 aliphatic heterocycles. The maximum atomic E-state index is 10.3. The van der Waals surface area contributed by atoms with E-state index in [2.05, 4.69) is 0 Å². The molecule has 2 N–H and O–H groups in total. The molecule has 4 nitrogen and oxygen atoms in total. The largest absolute Gasteiger partial charge is 0.481 e. The normalized spacial score (nSPS) is 10.8. The molecule has 0 spiro atoms. The molecule has 0 bridgehead atoms. The Bertz CT molecular complexity index is 207. The molecule has 0 rings (SSSR count). The van der Waals surface area contributed by atoms with Crippen molar-refractivity contribution in [2.75, 3.05) is 19.8 Å². The molecular weight excluding hydrogens is 256 g/mol. The molecule has 0 saturated carbocycles. The molecule has 0 fully saturated rings. The van der Waals surface area contributed by atoms with Crippen LogP contribution in [0.15, 0.2) is 0 Å². The van der Waals surface area contributed by atoms with Gasteiger partial charge in [-0.25, -0.2) is 0 Å². The molecule has 120 valence electrons. The molecule has 4 heteroatoms. The fraction of sp³-hybridized carbons (Fsp3) is 0.938. The highest BCUT2D eigenvalue weighted by atomic mass is 16.5. The number of carbonyl (C=O) groups is 1. The van der Waals surface area contributed by atoms with Crippen LogP contribution in [0, 0.1) is 0 Å². The summed E-state index contributed by atoms with van der Waals surface area (Å²) in [6.07, 6.45) is 13.0. The van der Waals surface area contributed by atoms with Gasteiger partial charge in [0, 0.05) is 26.2 Å². The van der Waals surface area contributed by atoms with Gasteiger partial charge in [0.1, 0.15) is 0 Å². The van der Waals surface area contributed by atoms with Crippen molar-refractivity contribution in [1.29, 1.82) is 0 Å². The number of aliphatic hydroxyl groups excluding tert-OH is 1. The summed E-state index contributed by atoms with van der Waals surface area (Å²) < 4.78 is 5.38. The average Bonchev–Trinajstić information content (AvgIpc) is 2.43. The highest BCUT2D eigenvalue weighted by molar-refractivity contribution is 5.66. The van der Waals surface area contributed by atoms with Crippen molar-refractivity contribution in [3.05, 3.63) is 0 Å². The lowest BCUT2D eigenvalue weighted by Crippen LogP contribution is -2.01. The quantitative estimate of drug-likeness (QED) is 0.424. The van der Waals surface area contributed by atoms with Gasteiger partial charge >= 0.3 is 5.97 Å². The third-order valence-electron chi connectivity index (χ3n) is 3.38. The molecule has 0 aromatic rings. The summed E-state index contributed by atoms with van der Waals surface area (Å²) in [5.74, 6) is -0.745. The van der Waals surface area contributed by atoms with Crippen molar-refractivity contribution in [2.24, 2.45) is 0 Å². The lowest BCUT2D eigenvalue weighted by atomic mass is 10.1. The topological polar surface area (TPSA) is 66.8 Å². The Kier molecular flexibility index (Phi) is 15.9. The minimum Gasteiger partial charge on any atom is -0.481 e. The first kappa shape index (κ1) is 19.4. The minimum absolute atomic E-state index is 0.207. The molecular formula is C16H32O4. The van der Waals surface area contributed by atoms with Crippen molar-refractivity contribution in [1.82, 2.24) is 0 Å². The van der Waals surface area contributed by atoms with Gasteiger partial charge < -0.3 is 14.9 Å². The Morgan fingerprint density at radius 3 is 1.65 bits per heavy atom. The minimum atomic E-state index is -0.745. The van der Waals surface area contributed by atoms with E-state index in [0.717, 1.165) is 25.9 Å². The summed E-state index contributed by atoms with van der Waals surface area (Å²) in [5.41, 5.74) is 0. The molecule has 0 radical (unpaired) electrons. The summed E-state index contributed by atoms with van der Waals surface area (Å²) in [7, 11) is 0.